The fraction of sp³-hybridized carbons (Fsp3) is 0.294. The van der Waals surface area contributed by atoms with Crippen molar-refractivity contribution < 1.29 is 4.74 Å². The summed E-state index contributed by atoms with van der Waals surface area (Å²) in [6.45, 7) is 5.67. The third kappa shape index (κ3) is 4.17. The van der Waals surface area contributed by atoms with Crippen molar-refractivity contribution in [2.24, 2.45) is 0 Å². The highest BCUT2D eigenvalue weighted by Gasteiger charge is 2.04. The van der Waals surface area contributed by atoms with E-state index in [2.05, 4.69) is 37.4 Å². The monoisotopic (exact) mass is 289 g/mol. The molecule has 0 fully saturated rings. The van der Waals surface area contributed by atoms with Crippen molar-refractivity contribution in [1.82, 2.24) is 0 Å². The molecule has 20 heavy (non-hydrogen) atoms. The maximum Gasteiger partial charge on any atom is 0.142 e. The Morgan fingerprint density at radius 3 is 2.55 bits per heavy atom. The van der Waals surface area contributed by atoms with Crippen LogP contribution in [0.4, 0.5) is 5.69 Å². The van der Waals surface area contributed by atoms with Crippen molar-refractivity contribution in [3.8, 4) is 5.75 Å². The maximum atomic E-state index is 5.89. The molecular weight excluding hydrogens is 270 g/mol. The number of anilines is 1. The Balaban J connectivity index is 2.06. The van der Waals surface area contributed by atoms with E-state index in [0.29, 0.717) is 0 Å². The van der Waals surface area contributed by atoms with E-state index in [4.69, 9.17) is 16.3 Å². The number of nitrogens with one attached hydrogen (secondary N) is 1. The molecule has 0 aliphatic rings. The summed E-state index contributed by atoms with van der Waals surface area (Å²) in [7, 11) is 0. The largest absolute Gasteiger partial charge is 0.491 e. The molecule has 3 heteroatoms. The SMILES string of the molecule is CCCOc1cc(C)ccc1NCc1ccc(Cl)cc1. The van der Waals surface area contributed by atoms with Crippen LogP contribution in [0, 0.1) is 6.92 Å². The maximum absolute atomic E-state index is 5.89. The van der Waals surface area contributed by atoms with Gasteiger partial charge in [-0.05, 0) is 48.7 Å². The molecule has 0 saturated carbocycles. The lowest BCUT2D eigenvalue weighted by Crippen LogP contribution is -2.03. The molecule has 0 atom stereocenters. The molecule has 1 N–H and O–H groups in total. The second kappa shape index (κ2) is 7.20. The van der Waals surface area contributed by atoms with Gasteiger partial charge >= 0.3 is 0 Å². The van der Waals surface area contributed by atoms with Gasteiger partial charge in [-0.1, -0.05) is 36.7 Å². The van der Waals surface area contributed by atoms with Crippen molar-refractivity contribution in [2.45, 2.75) is 26.8 Å². The molecule has 2 aromatic carbocycles. The topological polar surface area (TPSA) is 21.3 Å². The van der Waals surface area contributed by atoms with Crippen LogP contribution < -0.4 is 10.1 Å². The summed E-state index contributed by atoms with van der Waals surface area (Å²) in [5.74, 6) is 0.917. The minimum absolute atomic E-state index is 0.735. The van der Waals surface area contributed by atoms with Gasteiger partial charge in [-0.25, -0.2) is 0 Å². The van der Waals surface area contributed by atoms with Gasteiger partial charge in [0, 0.05) is 11.6 Å². The van der Waals surface area contributed by atoms with Crippen LogP contribution in [0.2, 0.25) is 5.02 Å². The minimum atomic E-state index is 0.735. The van der Waals surface area contributed by atoms with Gasteiger partial charge in [0.15, 0.2) is 0 Å². The van der Waals surface area contributed by atoms with E-state index in [1.165, 1.54) is 11.1 Å². The second-order valence-corrected chi connectivity index (χ2v) is 5.26. The number of hydrogen-bond acceptors (Lipinski definition) is 2. The van der Waals surface area contributed by atoms with E-state index >= 15 is 0 Å². The van der Waals surface area contributed by atoms with Crippen LogP contribution in [0.15, 0.2) is 42.5 Å². The van der Waals surface area contributed by atoms with Crippen LogP contribution in [0.5, 0.6) is 5.75 Å². The van der Waals surface area contributed by atoms with Gasteiger partial charge in [-0.2, -0.15) is 0 Å². The number of benzene rings is 2. The molecule has 2 nitrogen and oxygen atoms in total. The van der Waals surface area contributed by atoms with Gasteiger partial charge in [-0.15, -0.1) is 0 Å². The van der Waals surface area contributed by atoms with Crippen LogP contribution in [0.25, 0.3) is 0 Å². The van der Waals surface area contributed by atoms with E-state index in [1.807, 2.05) is 24.3 Å². The Morgan fingerprint density at radius 2 is 1.85 bits per heavy atom. The zero-order chi connectivity index (χ0) is 14.4. The first-order valence-electron chi connectivity index (χ1n) is 6.91. The molecule has 0 aliphatic carbocycles. The second-order valence-electron chi connectivity index (χ2n) is 4.83. The summed E-state index contributed by atoms with van der Waals surface area (Å²) in [5, 5.41) is 4.18. The quantitative estimate of drug-likeness (QED) is 0.803. The Bertz CT molecular complexity index is 551. The third-order valence-electron chi connectivity index (χ3n) is 3.00. The van der Waals surface area contributed by atoms with E-state index in [-0.39, 0.29) is 0 Å². The minimum Gasteiger partial charge on any atom is -0.491 e. The Hall–Kier alpha value is -1.67. The average Bonchev–Trinajstić information content (AvgIpc) is 2.46. The summed E-state index contributed by atoms with van der Waals surface area (Å²) in [5.41, 5.74) is 3.42. The number of rotatable bonds is 6. The third-order valence-corrected chi connectivity index (χ3v) is 3.25. The fourth-order valence-corrected chi connectivity index (χ4v) is 2.03. The number of ether oxygens (including phenoxy) is 1. The van der Waals surface area contributed by atoms with E-state index in [1.54, 1.807) is 0 Å². The van der Waals surface area contributed by atoms with E-state index in [0.717, 1.165) is 36.0 Å². The zero-order valence-electron chi connectivity index (χ0n) is 11.9. The van der Waals surface area contributed by atoms with Gasteiger partial charge in [0.2, 0.25) is 0 Å². The first kappa shape index (κ1) is 14.7. The standard InChI is InChI=1S/C17H20ClNO/c1-3-10-20-17-11-13(2)4-9-16(17)19-12-14-5-7-15(18)8-6-14/h4-9,11,19H,3,10,12H2,1-2H3. The number of aryl methyl sites for hydroxylation is 1. The molecule has 0 bridgehead atoms. The molecule has 0 heterocycles. The summed E-state index contributed by atoms with van der Waals surface area (Å²) in [4.78, 5) is 0. The Morgan fingerprint density at radius 1 is 1.10 bits per heavy atom. The predicted octanol–water partition coefficient (Wildman–Crippen LogP) is 5.05. The number of hydrogen-bond donors (Lipinski definition) is 1. The van der Waals surface area contributed by atoms with Crippen LogP contribution in [0.3, 0.4) is 0 Å². The molecule has 0 saturated heterocycles. The molecule has 0 amide bonds. The molecule has 2 rings (SSSR count). The van der Waals surface area contributed by atoms with Crippen molar-refractivity contribution in [2.75, 3.05) is 11.9 Å². The lowest BCUT2D eigenvalue weighted by molar-refractivity contribution is 0.318. The predicted molar refractivity (Wildman–Crippen MR) is 85.7 cm³/mol. The smallest absolute Gasteiger partial charge is 0.142 e. The van der Waals surface area contributed by atoms with Crippen molar-refractivity contribution in [1.29, 1.82) is 0 Å². The molecule has 106 valence electrons. The first-order valence-corrected chi connectivity index (χ1v) is 7.28. The molecule has 2 aromatic rings. The van der Waals surface area contributed by atoms with Crippen LogP contribution >= 0.6 is 11.6 Å². The molecule has 0 unspecified atom stereocenters. The lowest BCUT2D eigenvalue weighted by Gasteiger charge is -2.14. The summed E-state index contributed by atoms with van der Waals surface area (Å²) >= 11 is 5.89. The highest BCUT2D eigenvalue weighted by Crippen LogP contribution is 2.26. The lowest BCUT2D eigenvalue weighted by atomic mass is 10.2. The molecule has 0 aliphatic heterocycles. The normalized spacial score (nSPS) is 10.3. The summed E-state index contributed by atoms with van der Waals surface area (Å²) in [6, 6.07) is 14.1. The van der Waals surface area contributed by atoms with Crippen LogP contribution in [-0.4, -0.2) is 6.61 Å². The average molecular weight is 290 g/mol. The fourth-order valence-electron chi connectivity index (χ4n) is 1.91. The van der Waals surface area contributed by atoms with Gasteiger partial charge in [0.1, 0.15) is 5.75 Å². The highest BCUT2D eigenvalue weighted by molar-refractivity contribution is 6.30. The molecule has 0 spiro atoms. The van der Waals surface area contributed by atoms with E-state index in [9.17, 15) is 0 Å². The molecule has 0 radical (unpaired) electrons. The van der Waals surface area contributed by atoms with E-state index < -0.39 is 0 Å². The van der Waals surface area contributed by atoms with Crippen LogP contribution in [0.1, 0.15) is 24.5 Å². The Kier molecular flexibility index (Phi) is 5.31. The summed E-state index contributed by atoms with van der Waals surface area (Å²) < 4.78 is 5.79. The van der Waals surface area contributed by atoms with Crippen molar-refractivity contribution in [3.05, 3.63) is 58.6 Å². The van der Waals surface area contributed by atoms with Gasteiger partial charge in [-0.3, -0.25) is 0 Å². The van der Waals surface area contributed by atoms with Gasteiger partial charge < -0.3 is 10.1 Å². The number of halogens is 1. The van der Waals surface area contributed by atoms with Gasteiger partial charge in [0.05, 0.1) is 12.3 Å². The zero-order valence-corrected chi connectivity index (χ0v) is 12.7. The Labute approximate surface area is 125 Å². The van der Waals surface area contributed by atoms with Crippen molar-refractivity contribution in [3.63, 3.8) is 0 Å². The van der Waals surface area contributed by atoms with Crippen LogP contribution in [-0.2, 0) is 6.54 Å². The summed E-state index contributed by atoms with van der Waals surface area (Å²) in [6.07, 6.45) is 1.00. The molecular formula is C17H20ClNO. The highest BCUT2D eigenvalue weighted by atomic mass is 35.5. The van der Waals surface area contributed by atoms with Crippen molar-refractivity contribution >= 4 is 17.3 Å². The molecule has 0 aromatic heterocycles. The first-order chi connectivity index (χ1) is 9.69. The van der Waals surface area contributed by atoms with Gasteiger partial charge in [0.25, 0.3) is 0 Å².